The average molecular weight is 377 g/mol. The molecule has 2 aromatic carbocycles. The van der Waals surface area contributed by atoms with E-state index in [2.05, 4.69) is 4.57 Å². The zero-order valence-corrected chi connectivity index (χ0v) is 16.1. The van der Waals surface area contributed by atoms with Gasteiger partial charge in [0.25, 0.3) is 0 Å². The number of carbonyl (C=O) groups is 1. The summed E-state index contributed by atoms with van der Waals surface area (Å²) in [6, 6.07) is 12.9. The number of amides is 1. The number of hydrogen-bond donors (Lipinski definition) is 2. The first kappa shape index (κ1) is 18.5. The summed E-state index contributed by atoms with van der Waals surface area (Å²) in [5.74, 6) is 1.44. The van der Waals surface area contributed by atoms with Gasteiger partial charge >= 0.3 is 0 Å². The van der Waals surface area contributed by atoms with E-state index < -0.39 is 5.91 Å². The minimum Gasteiger partial charge on any atom is -0.508 e. The van der Waals surface area contributed by atoms with Gasteiger partial charge in [-0.05, 0) is 54.7 Å². The molecule has 0 bridgehead atoms. The van der Waals surface area contributed by atoms with Crippen LogP contribution in [-0.4, -0.2) is 20.6 Å². The van der Waals surface area contributed by atoms with Crippen LogP contribution in [0.15, 0.2) is 42.5 Å². The lowest BCUT2D eigenvalue weighted by Gasteiger charge is -2.18. The Morgan fingerprint density at radius 1 is 1.11 bits per heavy atom. The quantitative estimate of drug-likeness (QED) is 0.647. The van der Waals surface area contributed by atoms with Crippen LogP contribution >= 0.6 is 0 Å². The number of phenolic OH excluding ortho intramolecular Hbond substituents is 1. The molecule has 1 aliphatic rings. The monoisotopic (exact) mass is 377 g/mol. The lowest BCUT2D eigenvalue weighted by molar-refractivity contribution is 0.100. The van der Waals surface area contributed by atoms with Crippen molar-refractivity contribution in [1.82, 2.24) is 9.55 Å². The van der Waals surface area contributed by atoms with Gasteiger partial charge in [0.15, 0.2) is 0 Å². The molecule has 1 aliphatic carbocycles. The molecule has 0 unspecified atom stereocenters. The Labute approximate surface area is 165 Å². The molecule has 1 saturated carbocycles. The maximum atomic E-state index is 11.6. The molecule has 146 valence electrons. The van der Waals surface area contributed by atoms with E-state index in [4.69, 9.17) is 10.7 Å². The smallest absolute Gasteiger partial charge is 0.248 e. The number of fused-ring (bicyclic) bond motifs is 1. The summed E-state index contributed by atoms with van der Waals surface area (Å²) in [4.78, 5) is 16.4. The SMILES string of the molecule is NC(=O)c1ccc2c(c1)nc(Cc1cccc(O)c1)n2CC1CCCCCC1. The van der Waals surface area contributed by atoms with Gasteiger partial charge in [0.05, 0.1) is 11.0 Å². The van der Waals surface area contributed by atoms with Crippen molar-refractivity contribution in [1.29, 1.82) is 0 Å². The van der Waals surface area contributed by atoms with Crippen LogP contribution in [0.3, 0.4) is 0 Å². The van der Waals surface area contributed by atoms with E-state index in [0.29, 0.717) is 17.9 Å². The second-order valence-electron chi connectivity index (χ2n) is 7.91. The van der Waals surface area contributed by atoms with Gasteiger partial charge in [-0.1, -0.05) is 37.8 Å². The first-order chi connectivity index (χ1) is 13.6. The van der Waals surface area contributed by atoms with Crippen LogP contribution in [0.25, 0.3) is 11.0 Å². The number of primary amides is 1. The fourth-order valence-electron chi connectivity index (χ4n) is 4.33. The summed E-state index contributed by atoms with van der Waals surface area (Å²) in [6.45, 7) is 0.945. The number of aromatic hydroxyl groups is 1. The topological polar surface area (TPSA) is 81.1 Å². The predicted molar refractivity (Wildman–Crippen MR) is 110 cm³/mol. The van der Waals surface area contributed by atoms with E-state index in [1.165, 1.54) is 38.5 Å². The first-order valence-corrected chi connectivity index (χ1v) is 10.2. The summed E-state index contributed by atoms with van der Waals surface area (Å²) in [5, 5.41) is 9.81. The number of benzene rings is 2. The molecule has 0 atom stereocenters. The van der Waals surface area contributed by atoms with Gasteiger partial charge in [-0.25, -0.2) is 4.98 Å². The number of phenols is 1. The van der Waals surface area contributed by atoms with E-state index in [1.54, 1.807) is 24.3 Å². The summed E-state index contributed by atoms with van der Waals surface area (Å²) >= 11 is 0. The highest BCUT2D eigenvalue weighted by Gasteiger charge is 2.18. The largest absolute Gasteiger partial charge is 0.508 e. The lowest BCUT2D eigenvalue weighted by Crippen LogP contribution is -2.13. The Balaban J connectivity index is 1.73. The van der Waals surface area contributed by atoms with Crippen molar-refractivity contribution >= 4 is 16.9 Å². The summed E-state index contributed by atoms with van der Waals surface area (Å²) < 4.78 is 2.31. The molecule has 28 heavy (non-hydrogen) atoms. The van der Waals surface area contributed by atoms with E-state index in [1.807, 2.05) is 18.2 Å². The van der Waals surface area contributed by atoms with Gasteiger partial charge in [0, 0.05) is 18.5 Å². The van der Waals surface area contributed by atoms with Crippen LogP contribution in [-0.2, 0) is 13.0 Å². The fraction of sp³-hybridized carbons (Fsp3) is 0.391. The van der Waals surface area contributed by atoms with Crippen molar-refractivity contribution in [3.63, 3.8) is 0 Å². The highest BCUT2D eigenvalue weighted by Crippen LogP contribution is 2.28. The molecule has 4 rings (SSSR count). The van der Waals surface area contributed by atoms with Gasteiger partial charge in [-0.15, -0.1) is 0 Å². The molecule has 1 amide bonds. The average Bonchev–Trinajstić information content (AvgIpc) is 2.82. The maximum Gasteiger partial charge on any atom is 0.248 e. The molecule has 0 saturated heterocycles. The van der Waals surface area contributed by atoms with Gasteiger partial charge in [-0.3, -0.25) is 4.79 Å². The molecule has 0 aliphatic heterocycles. The fourth-order valence-corrected chi connectivity index (χ4v) is 4.33. The maximum absolute atomic E-state index is 11.6. The van der Waals surface area contributed by atoms with Crippen molar-refractivity contribution in [3.05, 3.63) is 59.4 Å². The zero-order chi connectivity index (χ0) is 19.5. The molecular formula is C23H27N3O2. The Morgan fingerprint density at radius 2 is 1.89 bits per heavy atom. The first-order valence-electron chi connectivity index (χ1n) is 10.2. The number of nitrogens with two attached hydrogens (primary N) is 1. The van der Waals surface area contributed by atoms with Crippen LogP contribution in [0.4, 0.5) is 0 Å². The van der Waals surface area contributed by atoms with E-state index >= 15 is 0 Å². The van der Waals surface area contributed by atoms with Gasteiger partial charge in [0.2, 0.25) is 5.91 Å². The lowest BCUT2D eigenvalue weighted by atomic mass is 10.00. The van der Waals surface area contributed by atoms with E-state index in [9.17, 15) is 9.90 Å². The Hall–Kier alpha value is -2.82. The van der Waals surface area contributed by atoms with Crippen LogP contribution < -0.4 is 5.73 Å². The normalized spacial score (nSPS) is 15.6. The standard InChI is InChI=1S/C23H27N3O2/c24-23(28)18-10-11-21-20(14-18)25-22(13-17-8-5-9-19(27)12-17)26(21)15-16-6-3-1-2-4-7-16/h5,8-12,14,16,27H,1-4,6-7,13,15H2,(H2,24,28). The molecule has 1 fully saturated rings. The molecule has 5 heteroatoms. The number of imidazole rings is 1. The molecular weight excluding hydrogens is 350 g/mol. The van der Waals surface area contributed by atoms with E-state index in [0.717, 1.165) is 29.0 Å². The Bertz CT molecular complexity index is 985. The summed E-state index contributed by atoms with van der Waals surface area (Å²) in [5.41, 5.74) is 8.81. The number of aromatic nitrogens is 2. The molecule has 5 nitrogen and oxygen atoms in total. The second-order valence-corrected chi connectivity index (χ2v) is 7.91. The van der Waals surface area contributed by atoms with Crippen LogP contribution in [0.1, 0.15) is 60.3 Å². The highest BCUT2D eigenvalue weighted by molar-refractivity contribution is 5.96. The second kappa shape index (κ2) is 8.05. The van der Waals surface area contributed by atoms with Gasteiger partial charge < -0.3 is 15.4 Å². The van der Waals surface area contributed by atoms with Crippen molar-refractivity contribution in [2.75, 3.05) is 0 Å². The summed E-state index contributed by atoms with van der Waals surface area (Å²) in [7, 11) is 0. The zero-order valence-electron chi connectivity index (χ0n) is 16.1. The number of nitrogens with zero attached hydrogens (tertiary/aromatic N) is 2. The Morgan fingerprint density at radius 3 is 2.61 bits per heavy atom. The van der Waals surface area contributed by atoms with Crippen molar-refractivity contribution in [3.8, 4) is 5.75 Å². The number of hydrogen-bond acceptors (Lipinski definition) is 3. The molecule has 3 aromatic rings. The molecule has 1 aromatic heterocycles. The van der Waals surface area contributed by atoms with Crippen molar-refractivity contribution < 1.29 is 9.90 Å². The minimum absolute atomic E-state index is 0.264. The number of carbonyl (C=O) groups excluding carboxylic acids is 1. The van der Waals surface area contributed by atoms with Crippen molar-refractivity contribution in [2.45, 2.75) is 51.5 Å². The van der Waals surface area contributed by atoms with Gasteiger partial charge in [0.1, 0.15) is 11.6 Å². The molecule has 0 radical (unpaired) electrons. The molecule has 0 spiro atoms. The molecule has 3 N–H and O–H groups in total. The third kappa shape index (κ3) is 4.03. The van der Waals surface area contributed by atoms with Crippen LogP contribution in [0, 0.1) is 5.92 Å². The highest BCUT2D eigenvalue weighted by atomic mass is 16.3. The van der Waals surface area contributed by atoms with Crippen LogP contribution in [0.2, 0.25) is 0 Å². The predicted octanol–water partition coefficient (Wildman–Crippen LogP) is 4.40. The Kier molecular flexibility index (Phi) is 5.33. The third-order valence-corrected chi connectivity index (χ3v) is 5.80. The van der Waals surface area contributed by atoms with Crippen LogP contribution in [0.5, 0.6) is 5.75 Å². The van der Waals surface area contributed by atoms with Gasteiger partial charge in [-0.2, -0.15) is 0 Å². The van der Waals surface area contributed by atoms with Crippen molar-refractivity contribution in [2.24, 2.45) is 11.7 Å². The van der Waals surface area contributed by atoms with E-state index in [-0.39, 0.29) is 5.75 Å². The molecule has 1 heterocycles. The number of rotatable bonds is 5. The third-order valence-electron chi connectivity index (χ3n) is 5.80. The minimum atomic E-state index is -0.435. The summed E-state index contributed by atoms with van der Waals surface area (Å²) in [6.07, 6.45) is 8.41.